The molecule has 1 nitrogen and oxygen atoms in total. The van der Waals surface area contributed by atoms with E-state index in [1.54, 1.807) is 0 Å². The zero-order valence-electron chi connectivity index (χ0n) is 13.2. The van der Waals surface area contributed by atoms with Crippen molar-refractivity contribution in [2.75, 3.05) is 6.54 Å². The van der Waals surface area contributed by atoms with Crippen LogP contribution in [0, 0.1) is 27.7 Å². The number of thiophene rings is 1. The van der Waals surface area contributed by atoms with Gasteiger partial charge in [-0.3, -0.25) is 0 Å². The highest BCUT2D eigenvalue weighted by Gasteiger charge is 2.17. The molecule has 0 spiro atoms. The summed E-state index contributed by atoms with van der Waals surface area (Å²) >= 11 is 1.90. The van der Waals surface area contributed by atoms with Crippen LogP contribution in [0.3, 0.4) is 0 Å². The Balaban J connectivity index is 2.43. The van der Waals surface area contributed by atoms with Gasteiger partial charge in [-0.05, 0) is 75.0 Å². The molecule has 2 heteroatoms. The van der Waals surface area contributed by atoms with Gasteiger partial charge in [-0.1, -0.05) is 19.1 Å². The molecule has 1 atom stereocenters. The van der Waals surface area contributed by atoms with Crippen LogP contribution in [0.4, 0.5) is 0 Å². The smallest absolute Gasteiger partial charge is 0.0673 e. The van der Waals surface area contributed by atoms with Crippen molar-refractivity contribution < 1.29 is 0 Å². The summed E-state index contributed by atoms with van der Waals surface area (Å²) in [4.78, 5) is 2.80. The van der Waals surface area contributed by atoms with Crippen LogP contribution < -0.4 is 5.32 Å². The second-order valence-electron chi connectivity index (χ2n) is 5.63. The first kappa shape index (κ1) is 15.3. The lowest BCUT2D eigenvalue weighted by molar-refractivity contribution is 0.603. The summed E-state index contributed by atoms with van der Waals surface area (Å²) in [6.07, 6.45) is 1.16. The summed E-state index contributed by atoms with van der Waals surface area (Å²) in [5.74, 6) is 0. The molecule has 0 aliphatic heterocycles. The molecule has 0 fully saturated rings. The van der Waals surface area contributed by atoms with Gasteiger partial charge in [-0.15, -0.1) is 11.3 Å². The third-order valence-electron chi connectivity index (χ3n) is 3.84. The lowest BCUT2D eigenvalue weighted by atomic mass is 9.95. The fraction of sp³-hybridized carbons (Fsp3) is 0.444. The van der Waals surface area contributed by atoms with Gasteiger partial charge in [0.15, 0.2) is 0 Å². The Bertz CT molecular complexity index is 583. The van der Waals surface area contributed by atoms with Crippen LogP contribution in [0.2, 0.25) is 0 Å². The topological polar surface area (TPSA) is 12.0 Å². The molecule has 0 bridgehead atoms. The lowest BCUT2D eigenvalue weighted by Gasteiger charge is -2.21. The van der Waals surface area contributed by atoms with Gasteiger partial charge < -0.3 is 5.32 Å². The lowest BCUT2D eigenvalue weighted by Crippen LogP contribution is -2.23. The summed E-state index contributed by atoms with van der Waals surface area (Å²) < 4.78 is 0. The molecule has 0 amide bonds. The summed E-state index contributed by atoms with van der Waals surface area (Å²) in [5.41, 5.74) is 5.56. The molecule has 1 unspecified atom stereocenters. The van der Waals surface area contributed by atoms with E-state index in [1.165, 1.54) is 32.0 Å². The minimum Gasteiger partial charge on any atom is -0.306 e. The van der Waals surface area contributed by atoms with Crippen LogP contribution >= 0.6 is 11.3 Å². The quantitative estimate of drug-likeness (QED) is 0.809. The van der Waals surface area contributed by atoms with E-state index in [0.717, 1.165) is 13.0 Å². The maximum Gasteiger partial charge on any atom is 0.0673 e. The standard InChI is InChI=1S/C18H25NS/c1-6-9-19-18(17-8-7-15(5)20-17)16-11-13(3)12(2)10-14(16)4/h7-8,10-11,18-19H,6,9H2,1-5H3. The van der Waals surface area contributed by atoms with E-state index in [2.05, 4.69) is 64.2 Å². The number of benzene rings is 1. The van der Waals surface area contributed by atoms with Crippen LogP contribution in [0.1, 0.15) is 51.4 Å². The zero-order valence-corrected chi connectivity index (χ0v) is 14.0. The second kappa shape index (κ2) is 6.55. The summed E-state index contributed by atoms with van der Waals surface area (Å²) in [7, 11) is 0. The molecule has 2 rings (SSSR count). The van der Waals surface area contributed by atoms with Crippen LogP contribution in [0.15, 0.2) is 24.3 Å². The minimum absolute atomic E-state index is 0.327. The molecular weight excluding hydrogens is 262 g/mol. The molecule has 0 aliphatic carbocycles. The maximum atomic E-state index is 3.71. The Labute approximate surface area is 127 Å². The van der Waals surface area contributed by atoms with Gasteiger partial charge in [0.2, 0.25) is 0 Å². The average molecular weight is 287 g/mol. The molecular formula is C18H25NS. The maximum absolute atomic E-state index is 3.71. The van der Waals surface area contributed by atoms with Gasteiger partial charge in [0.05, 0.1) is 6.04 Å². The third kappa shape index (κ3) is 3.31. The predicted molar refractivity (Wildman–Crippen MR) is 89.8 cm³/mol. The van der Waals surface area contributed by atoms with Crippen molar-refractivity contribution >= 4 is 11.3 Å². The van der Waals surface area contributed by atoms with Crippen molar-refractivity contribution in [3.8, 4) is 0 Å². The zero-order chi connectivity index (χ0) is 14.7. The Morgan fingerprint density at radius 3 is 2.30 bits per heavy atom. The van der Waals surface area contributed by atoms with Crippen molar-refractivity contribution in [2.24, 2.45) is 0 Å². The number of rotatable bonds is 5. The molecule has 20 heavy (non-hydrogen) atoms. The van der Waals surface area contributed by atoms with Crippen molar-refractivity contribution in [1.82, 2.24) is 5.32 Å². The Morgan fingerprint density at radius 1 is 1.00 bits per heavy atom. The fourth-order valence-electron chi connectivity index (χ4n) is 2.55. The van der Waals surface area contributed by atoms with E-state index in [4.69, 9.17) is 0 Å². The Hall–Kier alpha value is -1.12. The molecule has 1 N–H and O–H groups in total. The van der Waals surface area contributed by atoms with Crippen molar-refractivity contribution in [1.29, 1.82) is 0 Å². The largest absolute Gasteiger partial charge is 0.306 e. The highest BCUT2D eigenvalue weighted by Crippen LogP contribution is 2.31. The fourth-order valence-corrected chi connectivity index (χ4v) is 3.53. The van der Waals surface area contributed by atoms with Crippen LogP contribution in [-0.2, 0) is 0 Å². The average Bonchev–Trinajstić information content (AvgIpc) is 2.82. The molecule has 2 aromatic rings. The molecule has 1 aromatic carbocycles. The number of nitrogens with one attached hydrogen (secondary N) is 1. The van der Waals surface area contributed by atoms with E-state index in [0.29, 0.717) is 6.04 Å². The molecule has 1 heterocycles. The summed E-state index contributed by atoms with van der Waals surface area (Å²) in [6.45, 7) is 12.1. The van der Waals surface area contributed by atoms with Gasteiger partial charge in [-0.2, -0.15) is 0 Å². The summed E-state index contributed by atoms with van der Waals surface area (Å²) in [6, 6.07) is 9.48. The van der Waals surface area contributed by atoms with Gasteiger partial charge in [0, 0.05) is 9.75 Å². The molecule has 0 aliphatic rings. The molecule has 0 saturated carbocycles. The van der Waals surface area contributed by atoms with E-state index >= 15 is 0 Å². The third-order valence-corrected chi connectivity index (χ3v) is 4.90. The number of hydrogen-bond acceptors (Lipinski definition) is 2. The monoisotopic (exact) mass is 287 g/mol. The van der Waals surface area contributed by atoms with Gasteiger partial charge >= 0.3 is 0 Å². The number of hydrogen-bond donors (Lipinski definition) is 1. The normalized spacial score (nSPS) is 12.7. The van der Waals surface area contributed by atoms with Gasteiger partial charge in [0.25, 0.3) is 0 Å². The van der Waals surface area contributed by atoms with E-state index in [9.17, 15) is 0 Å². The van der Waals surface area contributed by atoms with Crippen LogP contribution in [0.5, 0.6) is 0 Å². The molecule has 0 radical (unpaired) electrons. The molecule has 0 saturated heterocycles. The predicted octanol–water partition coefficient (Wildman–Crippen LogP) is 5.07. The van der Waals surface area contributed by atoms with Crippen molar-refractivity contribution in [2.45, 2.75) is 47.1 Å². The highest BCUT2D eigenvalue weighted by atomic mass is 32.1. The van der Waals surface area contributed by atoms with Gasteiger partial charge in [-0.25, -0.2) is 0 Å². The second-order valence-corrected chi connectivity index (χ2v) is 6.95. The van der Waals surface area contributed by atoms with Crippen molar-refractivity contribution in [3.63, 3.8) is 0 Å². The van der Waals surface area contributed by atoms with E-state index in [-0.39, 0.29) is 0 Å². The van der Waals surface area contributed by atoms with Crippen LogP contribution in [0.25, 0.3) is 0 Å². The molecule has 108 valence electrons. The minimum atomic E-state index is 0.327. The SMILES string of the molecule is CCCNC(c1ccc(C)s1)c1cc(C)c(C)cc1C. The van der Waals surface area contributed by atoms with E-state index < -0.39 is 0 Å². The first-order valence-electron chi connectivity index (χ1n) is 7.40. The highest BCUT2D eigenvalue weighted by molar-refractivity contribution is 7.12. The first-order chi connectivity index (χ1) is 9.52. The van der Waals surface area contributed by atoms with E-state index in [1.807, 2.05) is 11.3 Å². The molecule has 1 aromatic heterocycles. The van der Waals surface area contributed by atoms with Gasteiger partial charge in [0.1, 0.15) is 0 Å². The Morgan fingerprint density at radius 2 is 1.70 bits per heavy atom. The Kier molecular flexibility index (Phi) is 5.00. The first-order valence-corrected chi connectivity index (χ1v) is 8.22. The number of aryl methyl sites for hydroxylation is 4. The summed E-state index contributed by atoms with van der Waals surface area (Å²) in [5, 5.41) is 3.71. The van der Waals surface area contributed by atoms with Crippen LogP contribution in [-0.4, -0.2) is 6.54 Å². The van der Waals surface area contributed by atoms with Crippen molar-refractivity contribution in [3.05, 3.63) is 56.3 Å².